The molecular formula is C65H126O17P2. The molecule has 3 N–H and O–H groups in total. The molecule has 0 amide bonds. The summed E-state index contributed by atoms with van der Waals surface area (Å²) in [5, 5.41) is 10.5. The Morgan fingerprint density at radius 2 is 0.548 bits per heavy atom. The monoisotopic (exact) mass is 1240 g/mol. The molecule has 0 aliphatic carbocycles. The molecule has 5 atom stereocenters. The van der Waals surface area contributed by atoms with Crippen LogP contribution < -0.4 is 0 Å². The highest BCUT2D eigenvalue weighted by Gasteiger charge is 2.30. The molecule has 0 aliphatic heterocycles. The number of rotatable bonds is 63. The van der Waals surface area contributed by atoms with Crippen LogP contribution in [0, 0.1) is 17.8 Å². The molecule has 498 valence electrons. The molecule has 19 heteroatoms. The van der Waals surface area contributed by atoms with Crippen molar-refractivity contribution in [3.05, 3.63) is 0 Å². The molecule has 0 rings (SSSR count). The molecule has 0 fully saturated rings. The minimum Gasteiger partial charge on any atom is -0.462 e. The first-order valence-electron chi connectivity index (χ1n) is 33.8. The lowest BCUT2D eigenvalue weighted by atomic mass is 10.0. The predicted octanol–water partition coefficient (Wildman–Crippen LogP) is 17.9. The molecule has 0 saturated carbocycles. The van der Waals surface area contributed by atoms with E-state index in [-0.39, 0.29) is 25.7 Å². The second-order valence-electron chi connectivity index (χ2n) is 24.9. The van der Waals surface area contributed by atoms with Crippen molar-refractivity contribution < 1.29 is 80.2 Å². The van der Waals surface area contributed by atoms with Crippen LogP contribution in [0.3, 0.4) is 0 Å². The number of esters is 4. The number of phosphoric ester groups is 2. The van der Waals surface area contributed by atoms with Gasteiger partial charge in [-0.25, -0.2) is 9.13 Å². The Morgan fingerprint density at radius 1 is 0.321 bits per heavy atom. The van der Waals surface area contributed by atoms with E-state index in [0.29, 0.717) is 37.5 Å². The Kier molecular flexibility index (Phi) is 55.0. The molecule has 0 radical (unpaired) electrons. The van der Waals surface area contributed by atoms with Gasteiger partial charge in [0.1, 0.15) is 19.3 Å². The van der Waals surface area contributed by atoms with E-state index in [9.17, 15) is 43.2 Å². The molecule has 0 saturated heterocycles. The Bertz CT molecular complexity index is 1660. The quantitative estimate of drug-likeness (QED) is 0.0222. The second kappa shape index (κ2) is 56.3. The Hall–Kier alpha value is -1.94. The molecule has 84 heavy (non-hydrogen) atoms. The van der Waals surface area contributed by atoms with E-state index < -0.39 is 97.5 Å². The van der Waals surface area contributed by atoms with Crippen molar-refractivity contribution in [3.63, 3.8) is 0 Å². The van der Waals surface area contributed by atoms with E-state index in [1.54, 1.807) is 0 Å². The van der Waals surface area contributed by atoms with E-state index in [0.717, 1.165) is 115 Å². The molecule has 0 aliphatic rings. The summed E-state index contributed by atoms with van der Waals surface area (Å²) in [6.07, 6.45) is 37.9. The summed E-state index contributed by atoms with van der Waals surface area (Å²) in [4.78, 5) is 72.1. The van der Waals surface area contributed by atoms with Crippen molar-refractivity contribution >= 4 is 39.5 Å². The van der Waals surface area contributed by atoms with Crippen molar-refractivity contribution in [1.82, 2.24) is 0 Å². The molecular weight excluding hydrogens is 1110 g/mol. The predicted molar refractivity (Wildman–Crippen MR) is 335 cm³/mol. The van der Waals surface area contributed by atoms with Crippen LogP contribution in [0.2, 0.25) is 0 Å². The third kappa shape index (κ3) is 59.0. The third-order valence-corrected chi connectivity index (χ3v) is 16.8. The van der Waals surface area contributed by atoms with E-state index in [1.807, 2.05) is 0 Å². The SMILES string of the molecule is CCCCCCCCCC(=O)OC[C@H](COP(=O)(O)OC[C@H](O)COP(=O)(O)OC[C@@H](COC(=O)CCCCCCCCCC(C)C)OC(=O)CCCCCCCCCCCCCCCCC(C)C)OC(=O)CCCCCCCCCC(C)C. The molecule has 17 nitrogen and oxygen atoms in total. The summed E-state index contributed by atoms with van der Waals surface area (Å²) >= 11 is 0. The first kappa shape index (κ1) is 82.1. The summed E-state index contributed by atoms with van der Waals surface area (Å²) < 4.78 is 67.9. The zero-order valence-corrected chi connectivity index (χ0v) is 56.1. The van der Waals surface area contributed by atoms with Gasteiger partial charge in [-0.1, -0.05) is 267 Å². The number of ether oxygens (including phenoxy) is 4. The van der Waals surface area contributed by atoms with Gasteiger partial charge >= 0.3 is 39.5 Å². The summed E-state index contributed by atoms with van der Waals surface area (Å²) in [6.45, 7) is 11.7. The zero-order valence-electron chi connectivity index (χ0n) is 54.4. The normalized spacial score (nSPS) is 14.3. The lowest BCUT2D eigenvalue weighted by Gasteiger charge is -2.21. The van der Waals surface area contributed by atoms with Gasteiger partial charge in [-0.2, -0.15) is 0 Å². The lowest BCUT2D eigenvalue weighted by Crippen LogP contribution is -2.30. The lowest BCUT2D eigenvalue weighted by molar-refractivity contribution is -0.161. The van der Waals surface area contributed by atoms with Crippen LogP contribution in [-0.4, -0.2) is 96.7 Å². The van der Waals surface area contributed by atoms with Gasteiger partial charge < -0.3 is 33.8 Å². The van der Waals surface area contributed by atoms with Crippen LogP contribution in [-0.2, 0) is 65.4 Å². The van der Waals surface area contributed by atoms with Crippen LogP contribution >= 0.6 is 15.6 Å². The number of hydrogen-bond donors (Lipinski definition) is 3. The average Bonchev–Trinajstić information content (AvgIpc) is 3.50. The Labute approximate surface area is 511 Å². The Morgan fingerprint density at radius 3 is 0.810 bits per heavy atom. The van der Waals surface area contributed by atoms with Gasteiger partial charge in [-0.05, 0) is 43.4 Å². The topological polar surface area (TPSA) is 237 Å². The second-order valence-corrected chi connectivity index (χ2v) is 27.8. The van der Waals surface area contributed by atoms with Crippen molar-refractivity contribution in [1.29, 1.82) is 0 Å². The fourth-order valence-electron chi connectivity index (χ4n) is 9.66. The van der Waals surface area contributed by atoms with Crippen molar-refractivity contribution in [2.75, 3.05) is 39.6 Å². The van der Waals surface area contributed by atoms with Gasteiger partial charge in [0.2, 0.25) is 0 Å². The molecule has 0 spiro atoms. The van der Waals surface area contributed by atoms with E-state index in [2.05, 4.69) is 48.5 Å². The van der Waals surface area contributed by atoms with Crippen LogP contribution in [0.15, 0.2) is 0 Å². The first-order valence-corrected chi connectivity index (χ1v) is 36.8. The summed E-state index contributed by atoms with van der Waals surface area (Å²) in [5.74, 6) is 0.0551. The fraction of sp³-hybridized carbons (Fsp3) is 0.938. The van der Waals surface area contributed by atoms with Crippen LogP contribution in [0.5, 0.6) is 0 Å². The standard InChI is InChI=1S/C65H126O17P2/c1-8-9-10-11-22-32-39-46-62(67)75-52-60(82-65(70)49-42-35-28-21-25-31-38-45-58(6)7)54-79-83(71,72)77-50-59(66)51-78-84(73,74)80-55-61(53-76-63(68)47-40-33-27-20-24-30-37-44-57(4)5)81-64(69)48-41-34-26-19-17-15-13-12-14-16-18-23-29-36-43-56(2)3/h56-61,66H,8-55H2,1-7H3,(H,71,72)(H,73,74)/t59-,60+,61+/m0/s1. The maximum Gasteiger partial charge on any atom is 0.472 e. The van der Waals surface area contributed by atoms with Crippen LogP contribution in [0.4, 0.5) is 0 Å². The number of carbonyl (C=O) groups is 4. The molecule has 0 heterocycles. The third-order valence-electron chi connectivity index (χ3n) is 14.9. The largest absolute Gasteiger partial charge is 0.472 e. The smallest absolute Gasteiger partial charge is 0.462 e. The fourth-order valence-corrected chi connectivity index (χ4v) is 11.2. The molecule has 0 aromatic heterocycles. The molecule has 0 aromatic rings. The summed E-state index contributed by atoms with van der Waals surface area (Å²) in [7, 11) is -9.88. The van der Waals surface area contributed by atoms with Crippen molar-refractivity contribution in [2.45, 2.75) is 336 Å². The minimum absolute atomic E-state index is 0.103. The molecule has 0 bridgehead atoms. The zero-order chi connectivity index (χ0) is 62.4. The van der Waals surface area contributed by atoms with E-state index in [1.165, 1.54) is 109 Å². The maximum absolute atomic E-state index is 13.0. The number of hydrogen-bond acceptors (Lipinski definition) is 15. The summed E-state index contributed by atoms with van der Waals surface area (Å²) in [5.41, 5.74) is 0. The van der Waals surface area contributed by atoms with Gasteiger partial charge in [0.25, 0.3) is 0 Å². The highest BCUT2D eigenvalue weighted by molar-refractivity contribution is 7.47. The molecule has 2 unspecified atom stereocenters. The highest BCUT2D eigenvalue weighted by atomic mass is 31.2. The summed E-state index contributed by atoms with van der Waals surface area (Å²) in [6, 6.07) is 0. The van der Waals surface area contributed by atoms with Crippen molar-refractivity contribution in [3.8, 4) is 0 Å². The van der Waals surface area contributed by atoms with E-state index in [4.69, 9.17) is 37.0 Å². The highest BCUT2D eigenvalue weighted by Crippen LogP contribution is 2.45. The number of unbranched alkanes of at least 4 members (excludes halogenated alkanes) is 31. The Balaban J connectivity index is 5.18. The van der Waals surface area contributed by atoms with Gasteiger partial charge in [-0.15, -0.1) is 0 Å². The number of aliphatic hydroxyl groups excluding tert-OH is 1. The van der Waals surface area contributed by atoms with Crippen molar-refractivity contribution in [2.24, 2.45) is 17.8 Å². The maximum atomic E-state index is 13.0. The number of aliphatic hydroxyl groups is 1. The van der Waals surface area contributed by atoms with Crippen LogP contribution in [0.25, 0.3) is 0 Å². The van der Waals surface area contributed by atoms with E-state index >= 15 is 0 Å². The average molecular weight is 1240 g/mol. The van der Waals surface area contributed by atoms with Crippen LogP contribution in [0.1, 0.15) is 318 Å². The van der Waals surface area contributed by atoms with Gasteiger partial charge in [0.05, 0.1) is 26.4 Å². The number of phosphoric acid groups is 2. The van der Waals surface area contributed by atoms with Gasteiger partial charge in [0, 0.05) is 25.7 Å². The molecule has 0 aromatic carbocycles. The minimum atomic E-state index is -4.95. The number of carbonyl (C=O) groups excluding carboxylic acids is 4. The first-order chi connectivity index (χ1) is 40.2. The van der Waals surface area contributed by atoms with Gasteiger partial charge in [0.15, 0.2) is 12.2 Å². The van der Waals surface area contributed by atoms with Gasteiger partial charge in [-0.3, -0.25) is 37.3 Å².